The molecule has 2 aromatic carbocycles. The van der Waals surface area contributed by atoms with Crippen LogP contribution < -0.4 is 4.65 Å². The van der Waals surface area contributed by atoms with Gasteiger partial charge >= 0.3 is 7.32 Å². The molecule has 0 bridgehead atoms. The Balaban J connectivity index is 0.000000273. The van der Waals surface area contributed by atoms with Gasteiger partial charge in [-0.1, -0.05) is 64.6 Å². The maximum Gasteiger partial charge on any atom is 0.707 e. The minimum atomic E-state index is -2.84. The molecule has 3 nitrogen and oxygen atoms in total. The van der Waals surface area contributed by atoms with Crippen molar-refractivity contribution in [2.24, 2.45) is 0 Å². The van der Waals surface area contributed by atoms with E-state index in [4.69, 9.17) is 10.0 Å². The second-order valence-electron chi connectivity index (χ2n) is 8.14. The Labute approximate surface area is 188 Å². The number of benzene rings is 2. The molecule has 184 valence electrons. The van der Waals surface area contributed by atoms with Gasteiger partial charge in [0.15, 0.2) is 40.7 Å². The molecular formula is C21H26BF7O3Si. The topological polar surface area (TPSA) is 49.7 Å². The van der Waals surface area contributed by atoms with E-state index in [1.165, 1.54) is 18.4 Å². The van der Waals surface area contributed by atoms with E-state index in [9.17, 15) is 30.7 Å². The third-order valence-electron chi connectivity index (χ3n) is 6.77. The highest BCUT2D eigenvalue weighted by Crippen LogP contribution is 2.44. The predicted molar refractivity (Wildman–Crippen MR) is 114 cm³/mol. The summed E-state index contributed by atoms with van der Waals surface area (Å²) in [4.78, 5) is 0. The average molecular weight is 498 g/mol. The lowest BCUT2D eigenvalue weighted by Crippen LogP contribution is -2.40. The zero-order valence-electron chi connectivity index (χ0n) is 18.6. The van der Waals surface area contributed by atoms with Crippen molar-refractivity contribution in [1.82, 2.24) is 0 Å². The molecule has 0 aliphatic carbocycles. The van der Waals surface area contributed by atoms with Crippen molar-refractivity contribution >= 4 is 26.2 Å². The summed E-state index contributed by atoms with van der Waals surface area (Å²) >= 11 is 0. The van der Waals surface area contributed by atoms with Crippen molar-refractivity contribution in [1.29, 1.82) is 0 Å². The predicted octanol–water partition coefficient (Wildman–Crippen LogP) is 6.60. The van der Waals surface area contributed by atoms with Crippen LogP contribution in [-0.4, -0.2) is 25.4 Å². The van der Waals surface area contributed by atoms with Crippen LogP contribution in [-0.2, 0) is 0 Å². The molecule has 1 atom stereocenters. The van der Waals surface area contributed by atoms with Gasteiger partial charge in [0.25, 0.3) is 0 Å². The van der Waals surface area contributed by atoms with Crippen LogP contribution in [0.2, 0.25) is 23.7 Å². The quantitative estimate of drug-likeness (QED) is 0.211. The summed E-state index contributed by atoms with van der Waals surface area (Å²) in [5, 5.41) is 13.6. The van der Waals surface area contributed by atoms with Gasteiger partial charge < -0.3 is 14.7 Å². The Morgan fingerprint density at radius 2 is 1.24 bits per heavy atom. The molecule has 0 aromatic heterocycles. The SMILES string of the molecule is CCC1CCCC[Si]1(CC)CC.OB(O)Oc1c(F)c(F)c(F)c2c(F)c(F)c(F)c(F)c12. The molecule has 1 saturated heterocycles. The maximum absolute atomic E-state index is 13.6. The zero-order chi connectivity index (χ0) is 25.1. The van der Waals surface area contributed by atoms with Gasteiger partial charge in [0.05, 0.1) is 18.8 Å². The molecule has 1 aliphatic heterocycles. The first-order chi connectivity index (χ1) is 15.5. The molecule has 3 rings (SSSR count). The summed E-state index contributed by atoms with van der Waals surface area (Å²) in [5.74, 6) is -18.3. The molecule has 0 radical (unpaired) electrons. The first-order valence-electron chi connectivity index (χ1n) is 10.8. The van der Waals surface area contributed by atoms with E-state index in [1.807, 2.05) is 0 Å². The van der Waals surface area contributed by atoms with Gasteiger partial charge in [-0.05, 0) is 5.54 Å². The van der Waals surface area contributed by atoms with Gasteiger partial charge in [0, 0.05) is 0 Å². The molecule has 1 aliphatic rings. The fraction of sp³-hybridized carbons (Fsp3) is 0.524. The fourth-order valence-corrected chi connectivity index (χ4v) is 10.3. The third-order valence-corrected chi connectivity index (χ3v) is 13.4. The van der Waals surface area contributed by atoms with Crippen LogP contribution in [0.5, 0.6) is 5.75 Å². The number of hydrogen-bond donors (Lipinski definition) is 2. The highest BCUT2D eigenvalue weighted by atomic mass is 28.3. The first-order valence-corrected chi connectivity index (χ1v) is 13.5. The fourth-order valence-electron chi connectivity index (χ4n) is 4.88. The molecule has 0 amide bonds. The molecule has 2 aromatic rings. The van der Waals surface area contributed by atoms with Gasteiger partial charge in [0.2, 0.25) is 5.82 Å². The molecule has 2 N–H and O–H groups in total. The standard InChI is InChI=1S/C11H24Si.C10H2BF7O3/c1-4-11-9-7-8-10-12(11,5-2)6-3;12-3-1-2(5(14)7(16)6(3)15)10(21-11(19)20)9(18)8(17)4(1)13/h11H,4-10H2,1-3H3;19-20H. The van der Waals surface area contributed by atoms with Crippen molar-refractivity contribution in [3.8, 4) is 5.75 Å². The molecule has 0 saturated carbocycles. The van der Waals surface area contributed by atoms with Crippen LogP contribution in [0.4, 0.5) is 30.7 Å². The van der Waals surface area contributed by atoms with Crippen LogP contribution in [0.1, 0.15) is 46.5 Å². The molecule has 0 spiro atoms. The zero-order valence-corrected chi connectivity index (χ0v) is 19.6. The molecule has 1 heterocycles. The summed E-state index contributed by atoms with van der Waals surface area (Å²) in [5.41, 5.74) is 1.17. The number of fused-ring (bicyclic) bond motifs is 1. The molecular weight excluding hydrogens is 472 g/mol. The van der Waals surface area contributed by atoms with E-state index in [0.29, 0.717) is 0 Å². The summed E-state index contributed by atoms with van der Waals surface area (Å²) in [6.45, 7) is 7.30. The summed E-state index contributed by atoms with van der Waals surface area (Å²) < 4.78 is 97.1. The number of hydrogen-bond acceptors (Lipinski definition) is 3. The first kappa shape index (κ1) is 27.5. The monoisotopic (exact) mass is 498 g/mol. The average Bonchev–Trinajstić information content (AvgIpc) is 2.81. The van der Waals surface area contributed by atoms with E-state index in [-0.39, 0.29) is 0 Å². The van der Waals surface area contributed by atoms with Crippen molar-refractivity contribution < 1.29 is 45.4 Å². The Bertz CT molecular complexity index is 994. The van der Waals surface area contributed by atoms with Gasteiger partial charge in [0.1, 0.15) is 0 Å². The lowest BCUT2D eigenvalue weighted by atomic mass is 10.0. The van der Waals surface area contributed by atoms with Gasteiger partial charge in [-0.2, -0.15) is 4.39 Å². The summed E-state index contributed by atoms with van der Waals surface area (Å²) in [7, 11) is -3.60. The van der Waals surface area contributed by atoms with Crippen molar-refractivity contribution in [2.45, 2.75) is 70.1 Å². The minimum absolute atomic E-state index is 0.760. The van der Waals surface area contributed by atoms with Gasteiger partial charge in [-0.15, -0.1) is 0 Å². The minimum Gasteiger partial charge on any atom is -0.509 e. The number of halogens is 7. The van der Waals surface area contributed by atoms with Gasteiger partial charge in [-0.3, -0.25) is 0 Å². The lowest BCUT2D eigenvalue weighted by Gasteiger charge is -2.41. The number of rotatable bonds is 5. The second kappa shape index (κ2) is 11.1. The van der Waals surface area contributed by atoms with Crippen LogP contribution in [0.15, 0.2) is 0 Å². The lowest BCUT2D eigenvalue weighted by molar-refractivity contribution is 0.279. The maximum atomic E-state index is 13.6. The molecule has 33 heavy (non-hydrogen) atoms. The Morgan fingerprint density at radius 1 is 0.758 bits per heavy atom. The van der Waals surface area contributed by atoms with E-state index >= 15 is 0 Å². The van der Waals surface area contributed by atoms with E-state index in [1.54, 1.807) is 31.0 Å². The molecule has 1 unspecified atom stereocenters. The van der Waals surface area contributed by atoms with Crippen LogP contribution in [0.25, 0.3) is 10.8 Å². The highest BCUT2D eigenvalue weighted by Gasteiger charge is 2.38. The van der Waals surface area contributed by atoms with E-state index in [0.717, 1.165) is 0 Å². The van der Waals surface area contributed by atoms with E-state index in [2.05, 4.69) is 25.4 Å². The van der Waals surface area contributed by atoms with Crippen LogP contribution >= 0.6 is 0 Å². The Kier molecular flexibility index (Phi) is 9.23. The van der Waals surface area contributed by atoms with Crippen LogP contribution in [0, 0.1) is 40.7 Å². The molecule has 12 heteroatoms. The van der Waals surface area contributed by atoms with Crippen LogP contribution in [0.3, 0.4) is 0 Å². The highest BCUT2D eigenvalue weighted by molar-refractivity contribution is 6.81. The van der Waals surface area contributed by atoms with Crippen molar-refractivity contribution in [2.75, 3.05) is 0 Å². The summed E-state index contributed by atoms with van der Waals surface area (Å²) in [6, 6.07) is 4.72. The van der Waals surface area contributed by atoms with Crippen molar-refractivity contribution in [3.63, 3.8) is 0 Å². The van der Waals surface area contributed by atoms with Gasteiger partial charge in [-0.25, -0.2) is 26.3 Å². The Morgan fingerprint density at radius 3 is 1.67 bits per heavy atom. The third kappa shape index (κ3) is 5.17. The Hall–Kier alpha value is -1.79. The van der Waals surface area contributed by atoms with E-state index < -0.39 is 72.6 Å². The summed E-state index contributed by atoms with van der Waals surface area (Å²) in [6.07, 6.45) is 6.09. The van der Waals surface area contributed by atoms with Crippen molar-refractivity contribution in [3.05, 3.63) is 40.7 Å². The molecule has 1 fully saturated rings. The normalized spacial score (nSPS) is 17.5. The second-order valence-corrected chi connectivity index (χ2v) is 13.6. The largest absolute Gasteiger partial charge is 0.707 e. The smallest absolute Gasteiger partial charge is 0.509 e.